The first-order chi connectivity index (χ1) is 7.94. The first-order valence-corrected chi connectivity index (χ1v) is 6.91. The van der Waals surface area contributed by atoms with Crippen LogP contribution in [0.2, 0.25) is 0 Å². The minimum atomic E-state index is -0.684. The average Bonchev–Trinajstić information content (AvgIpc) is 2.37. The van der Waals surface area contributed by atoms with Gasteiger partial charge in [-0.1, -0.05) is 25.7 Å². The molecule has 1 aliphatic heterocycles. The highest BCUT2D eigenvalue weighted by Crippen LogP contribution is 2.45. The van der Waals surface area contributed by atoms with Gasteiger partial charge in [0.05, 0.1) is 6.42 Å². The van der Waals surface area contributed by atoms with E-state index in [1.165, 1.54) is 38.5 Å². The van der Waals surface area contributed by atoms with Crippen molar-refractivity contribution in [3.05, 3.63) is 0 Å². The molecule has 0 aromatic rings. The molecule has 0 aromatic heterocycles. The molecule has 0 unspecified atom stereocenters. The predicted molar refractivity (Wildman–Crippen MR) is 68.0 cm³/mol. The molecule has 2 fully saturated rings. The molecule has 3 heteroatoms. The SMILES string of the molecule is CC(C)(CC(=O)O)N1CC2(CCCCCC2)C1. The first-order valence-electron chi connectivity index (χ1n) is 6.91. The van der Waals surface area contributed by atoms with E-state index in [0.717, 1.165) is 13.1 Å². The summed E-state index contributed by atoms with van der Waals surface area (Å²) < 4.78 is 0. The van der Waals surface area contributed by atoms with Crippen LogP contribution in [0.4, 0.5) is 0 Å². The summed E-state index contributed by atoms with van der Waals surface area (Å²) in [6, 6.07) is 0. The number of likely N-dealkylation sites (tertiary alicyclic amines) is 1. The lowest BCUT2D eigenvalue weighted by Crippen LogP contribution is -2.63. The van der Waals surface area contributed by atoms with Gasteiger partial charge < -0.3 is 5.11 Å². The second kappa shape index (κ2) is 4.60. The van der Waals surface area contributed by atoms with Crippen molar-refractivity contribution in [2.75, 3.05) is 13.1 Å². The van der Waals surface area contributed by atoms with Gasteiger partial charge in [-0.15, -0.1) is 0 Å². The summed E-state index contributed by atoms with van der Waals surface area (Å²) in [5, 5.41) is 8.94. The Morgan fingerprint density at radius 1 is 1.18 bits per heavy atom. The predicted octanol–water partition coefficient (Wildman–Crippen LogP) is 2.90. The minimum absolute atomic E-state index is 0.177. The number of carboxylic acid groups (broad SMARTS) is 1. The molecular weight excluding hydrogens is 214 g/mol. The fourth-order valence-electron chi connectivity index (χ4n) is 3.47. The van der Waals surface area contributed by atoms with Crippen LogP contribution in [-0.4, -0.2) is 34.6 Å². The summed E-state index contributed by atoms with van der Waals surface area (Å²) >= 11 is 0. The van der Waals surface area contributed by atoms with Gasteiger partial charge in [-0.05, 0) is 32.1 Å². The number of carbonyl (C=O) groups is 1. The third kappa shape index (κ3) is 2.82. The highest BCUT2D eigenvalue weighted by Gasteiger charge is 2.47. The molecule has 1 saturated heterocycles. The van der Waals surface area contributed by atoms with E-state index in [2.05, 4.69) is 18.7 Å². The summed E-state index contributed by atoms with van der Waals surface area (Å²) in [6.45, 7) is 6.36. The molecule has 2 rings (SSSR count). The van der Waals surface area contributed by atoms with Gasteiger partial charge in [-0.3, -0.25) is 9.69 Å². The number of carboxylic acids is 1. The number of hydrogen-bond donors (Lipinski definition) is 1. The summed E-state index contributed by atoms with van der Waals surface area (Å²) in [5.74, 6) is -0.684. The minimum Gasteiger partial charge on any atom is -0.481 e. The summed E-state index contributed by atoms with van der Waals surface area (Å²) in [5.41, 5.74) is 0.357. The standard InChI is InChI=1S/C14H25NO2/c1-13(2,9-12(16)17)15-10-14(11-15)7-5-3-4-6-8-14/h3-11H2,1-2H3,(H,16,17). The van der Waals surface area contributed by atoms with Gasteiger partial charge in [0.25, 0.3) is 0 Å². The van der Waals surface area contributed by atoms with Crippen LogP contribution >= 0.6 is 0 Å². The molecular formula is C14H25NO2. The van der Waals surface area contributed by atoms with Crippen LogP contribution in [0.1, 0.15) is 58.8 Å². The van der Waals surface area contributed by atoms with Gasteiger partial charge in [0.15, 0.2) is 0 Å². The monoisotopic (exact) mass is 239 g/mol. The zero-order chi connectivity index (χ0) is 12.5. The van der Waals surface area contributed by atoms with E-state index in [9.17, 15) is 4.79 Å². The quantitative estimate of drug-likeness (QED) is 0.823. The van der Waals surface area contributed by atoms with Gasteiger partial charge in [0.2, 0.25) is 0 Å². The van der Waals surface area contributed by atoms with Gasteiger partial charge in [-0.25, -0.2) is 0 Å². The molecule has 1 aliphatic carbocycles. The number of hydrogen-bond acceptors (Lipinski definition) is 2. The Kier molecular flexibility index (Phi) is 3.48. The molecule has 0 bridgehead atoms. The normalized spacial score (nSPS) is 25.3. The molecule has 0 aromatic carbocycles. The van der Waals surface area contributed by atoms with Crippen molar-refractivity contribution in [3.8, 4) is 0 Å². The Bertz CT molecular complexity index is 283. The third-order valence-corrected chi connectivity index (χ3v) is 4.66. The topological polar surface area (TPSA) is 40.5 Å². The lowest BCUT2D eigenvalue weighted by atomic mass is 9.71. The molecule has 0 atom stereocenters. The van der Waals surface area contributed by atoms with Crippen LogP contribution in [0.3, 0.4) is 0 Å². The molecule has 0 amide bonds. The van der Waals surface area contributed by atoms with Crippen molar-refractivity contribution in [2.45, 2.75) is 64.3 Å². The molecule has 1 heterocycles. The Labute approximate surface area is 104 Å². The van der Waals surface area contributed by atoms with Crippen molar-refractivity contribution in [1.29, 1.82) is 0 Å². The van der Waals surface area contributed by atoms with Crippen molar-refractivity contribution in [3.63, 3.8) is 0 Å². The van der Waals surface area contributed by atoms with E-state index in [1.807, 2.05) is 0 Å². The van der Waals surface area contributed by atoms with Crippen LogP contribution in [0.15, 0.2) is 0 Å². The lowest BCUT2D eigenvalue weighted by molar-refractivity contribution is -0.144. The molecule has 2 aliphatic rings. The van der Waals surface area contributed by atoms with E-state index in [4.69, 9.17) is 5.11 Å². The molecule has 0 radical (unpaired) electrons. The zero-order valence-electron chi connectivity index (χ0n) is 11.2. The fourth-order valence-corrected chi connectivity index (χ4v) is 3.47. The number of rotatable bonds is 3. The molecule has 3 nitrogen and oxygen atoms in total. The van der Waals surface area contributed by atoms with E-state index >= 15 is 0 Å². The van der Waals surface area contributed by atoms with Crippen LogP contribution in [-0.2, 0) is 4.79 Å². The maximum Gasteiger partial charge on any atom is 0.305 e. The lowest BCUT2D eigenvalue weighted by Gasteiger charge is -2.56. The Balaban J connectivity index is 1.90. The molecule has 1 saturated carbocycles. The maximum absolute atomic E-state index is 10.9. The highest BCUT2D eigenvalue weighted by molar-refractivity contribution is 5.68. The van der Waals surface area contributed by atoms with Gasteiger partial charge >= 0.3 is 5.97 Å². The smallest absolute Gasteiger partial charge is 0.305 e. The van der Waals surface area contributed by atoms with Gasteiger partial charge in [0.1, 0.15) is 0 Å². The zero-order valence-corrected chi connectivity index (χ0v) is 11.2. The van der Waals surface area contributed by atoms with Crippen LogP contribution in [0, 0.1) is 5.41 Å². The van der Waals surface area contributed by atoms with Gasteiger partial charge in [-0.2, -0.15) is 0 Å². The van der Waals surface area contributed by atoms with Crippen LogP contribution in [0.25, 0.3) is 0 Å². The Morgan fingerprint density at radius 3 is 2.18 bits per heavy atom. The van der Waals surface area contributed by atoms with Gasteiger partial charge in [0, 0.05) is 18.6 Å². The molecule has 1 N–H and O–H groups in total. The van der Waals surface area contributed by atoms with E-state index in [-0.39, 0.29) is 12.0 Å². The van der Waals surface area contributed by atoms with Crippen LogP contribution in [0.5, 0.6) is 0 Å². The first kappa shape index (κ1) is 12.9. The largest absolute Gasteiger partial charge is 0.481 e. The Morgan fingerprint density at radius 2 is 1.71 bits per heavy atom. The van der Waals surface area contributed by atoms with E-state index in [0.29, 0.717) is 5.41 Å². The summed E-state index contributed by atoms with van der Waals surface area (Å²) in [7, 11) is 0. The van der Waals surface area contributed by atoms with Crippen molar-refractivity contribution < 1.29 is 9.90 Å². The Hall–Kier alpha value is -0.570. The van der Waals surface area contributed by atoms with E-state index < -0.39 is 5.97 Å². The summed E-state index contributed by atoms with van der Waals surface area (Å²) in [6.07, 6.45) is 8.48. The second-order valence-corrected chi connectivity index (χ2v) is 6.65. The molecule has 98 valence electrons. The highest BCUT2D eigenvalue weighted by atomic mass is 16.4. The van der Waals surface area contributed by atoms with E-state index in [1.54, 1.807) is 0 Å². The number of aliphatic carboxylic acids is 1. The second-order valence-electron chi connectivity index (χ2n) is 6.65. The fraction of sp³-hybridized carbons (Fsp3) is 0.929. The number of nitrogens with zero attached hydrogens (tertiary/aromatic N) is 1. The van der Waals surface area contributed by atoms with Crippen molar-refractivity contribution >= 4 is 5.97 Å². The third-order valence-electron chi connectivity index (χ3n) is 4.66. The van der Waals surface area contributed by atoms with Crippen molar-refractivity contribution in [1.82, 2.24) is 4.90 Å². The van der Waals surface area contributed by atoms with Crippen LogP contribution < -0.4 is 0 Å². The molecule has 1 spiro atoms. The molecule has 17 heavy (non-hydrogen) atoms. The summed E-state index contributed by atoms with van der Waals surface area (Å²) in [4.78, 5) is 13.2. The van der Waals surface area contributed by atoms with Crippen molar-refractivity contribution in [2.24, 2.45) is 5.41 Å². The average molecular weight is 239 g/mol. The maximum atomic E-state index is 10.9.